The highest BCUT2D eigenvalue weighted by Gasteiger charge is 2.35. The number of ether oxygens (including phenoxy) is 1. The molecule has 2 heterocycles. The van der Waals surface area contributed by atoms with Crippen LogP contribution < -0.4 is 10.1 Å². The highest BCUT2D eigenvalue weighted by Crippen LogP contribution is 2.34. The molecule has 4 rings (SSSR count). The van der Waals surface area contributed by atoms with Crippen LogP contribution in [0.1, 0.15) is 11.3 Å². The summed E-state index contributed by atoms with van der Waals surface area (Å²) in [7, 11) is 0. The number of hydrogen-bond donors (Lipinski definition) is 2. The first kappa shape index (κ1) is 21.2. The van der Waals surface area contributed by atoms with Gasteiger partial charge in [0.1, 0.15) is 12.1 Å². The molecule has 4 aromatic rings. The number of rotatable bonds is 4. The number of nitrogens with zero attached hydrogens (tertiary/aromatic N) is 3. The molecule has 32 heavy (non-hydrogen) atoms. The Hall–Kier alpha value is -3.99. The predicted octanol–water partition coefficient (Wildman–Crippen LogP) is 4.95. The SMILES string of the molecule is O=C(Nc1cccc(C(F)(F)F)c1F)n1ccc2cc(Oc3cc(CO)ncn3)ccc21. The zero-order chi connectivity index (χ0) is 22.9. The lowest BCUT2D eigenvalue weighted by molar-refractivity contribution is -0.139. The Morgan fingerprint density at radius 3 is 2.69 bits per heavy atom. The Morgan fingerprint density at radius 1 is 1.12 bits per heavy atom. The predicted molar refractivity (Wildman–Crippen MR) is 106 cm³/mol. The zero-order valence-electron chi connectivity index (χ0n) is 16.1. The molecule has 0 aliphatic carbocycles. The van der Waals surface area contributed by atoms with Gasteiger partial charge in [-0.2, -0.15) is 13.2 Å². The summed E-state index contributed by atoms with van der Waals surface area (Å²) in [5, 5.41) is 11.9. The third-order valence-corrected chi connectivity index (χ3v) is 4.51. The van der Waals surface area contributed by atoms with Gasteiger partial charge < -0.3 is 15.2 Å². The Balaban J connectivity index is 1.57. The molecule has 164 valence electrons. The van der Waals surface area contributed by atoms with Crippen molar-refractivity contribution in [3.63, 3.8) is 0 Å². The Kier molecular flexibility index (Phi) is 5.49. The van der Waals surface area contributed by atoms with Crippen LogP contribution in [0.4, 0.5) is 28.0 Å². The number of amides is 1. The molecule has 2 N–H and O–H groups in total. The fourth-order valence-corrected chi connectivity index (χ4v) is 3.02. The van der Waals surface area contributed by atoms with Crippen molar-refractivity contribution in [2.24, 2.45) is 0 Å². The monoisotopic (exact) mass is 446 g/mol. The summed E-state index contributed by atoms with van der Waals surface area (Å²) in [6.45, 7) is -0.275. The average Bonchev–Trinajstić information content (AvgIpc) is 3.18. The van der Waals surface area contributed by atoms with Crippen LogP contribution in [0.2, 0.25) is 0 Å². The molecule has 0 saturated carbocycles. The average molecular weight is 446 g/mol. The van der Waals surface area contributed by atoms with E-state index in [0.717, 1.165) is 16.7 Å². The van der Waals surface area contributed by atoms with Crippen LogP contribution in [0.25, 0.3) is 10.9 Å². The lowest BCUT2D eigenvalue weighted by Gasteiger charge is -2.12. The molecule has 0 radical (unpaired) electrons. The van der Waals surface area contributed by atoms with Crippen LogP contribution in [0.15, 0.2) is 61.1 Å². The third-order valence-electron chi connectivity index (χ3n) is 4.51. The fraction of sp³-hybridized carbons (Fsp3) is 0.0952. The highest BCUT2D eigenvalue weighted by molar-refractivity contribution is 5.98. The minimum absolute atomic E-state index is 0.209. The minimum atomic E-state index is -4.89. The molecule has 1 amide bonds. The second-order valence-electron chi connectivity index (χ2n) is 6.61. The minimum Gasteiger partial charge on any atom is -0.439 e. The smallest absolute Gasteiger partial charge is 0.419 e. The summed E-state index contributed by atoms with van der Waals surface area (Å²) in [6.07, 6.45) is -2.25. The summed E-state index contributed by atoms with van der Waals surface area (Å²) in [6, 6.07) is 9.59. The molecule has 0 unspecified atom stereocenters. The molecule has 0 saturated heterocycles. The van der Waals surface area contributed by atoms with Gasteiger partial charge in [-0.05, 0) is 36.4 Å². The van der Waals surface area contributed by atoms with E-state index in [4.69, 9.17) is 9.84 Å². The van der Waals surface area contributed by atoms with E-state index in [-0.39, 0.29) is 12.5 Å². The van der Waals surface area contributed by atoms with E-state index in [2.05, 4.69) is 15.3 Å². The number of benzene rings is 2. The van der Waals surface area contributed by atoms with E-state index in [1.54, 1.807) is 24.3 Å². The molecule has 0 spiro atoms. The van der Waals surface area contributed by atoms with Gasteiger partial charge in [-0.25, -0.2) is 19.2 Å². The number of anilines is 1. The number of aliphatic hydroxyl groups excluding tert-OH is 1. The van der Waals surface area contributed by atoms with Gasteiger partial charge >= 0.3 is 12.2 Å². The number of hydrogen-bond acceptors (Lipinski definition) is 5. The summed E-state index contributed by atoms with van der Waals surface area (Å²) in [5.74, 6) is -0.963. The quantitative estimate of drug-likeness (QED) is 0.433. The van der Waals surface area contributed by atoms with Crippen LogP contribution in [-0.2, 0) is 12.8 Å². The van der Waals surface area contributed by atoms with E-state index >= 15 is 0 Å². The topological polar surface area (TPSA) is 89.3 Å². The van der Waals surface area contributed by atoms with Gasteiger partial charge in [-0.15, -0.1) is 0 Å². The summed E-state index contributed by atoms with van der Waals surface area (Å²) >= 11 is 0. The van der Waals surface area contributed by atoms with Gasteiger partial charge in [0.2, 0.25) is 5.88 Å². The van der Waals surface area contributed by atoms with Crippen molar-refractivity contribution in [2.75, 3.05) is 5.32 Å². The maximum atomic E-state index is 14.2. The maximum absolute atomic E-state index is 14.2. The van der Waals surface area contributed by atoms with Crippen LogP contribution in [0.5, 0.6) is 11.6 Å². The molecule has 2 aromatic heterocycles. The summed E-state index contributed by atoms with van der Waals surface area (Å²) in [4.78, 5) is 20.4. The lowest BCUT2D eigenvalue weighted by Crippen LogP contribution is -2.20. The number of nitrogens with one attached hydrogen (secondary N) is 1. The normalized spacial score (nSPS) is 11.5. The number of aromatic nitrogens is 3. The second kappa shape index (κ2) is 8.27. The number of aliphatic hydroxyl groups is 1. The second-order valence-corrected chi connectivity index (χ2v) is 6.61. The highest BCUT2D eigenvalue weighted by atomic mass is 19.4. The van der Waals surface area contributed by atoms with Crippen molar-refractivity contribution in [1.82, 2.24) is 14.5 Å². The van der Waals surface area contributed by atoms with Gasteiger partial charge in [-0.1, -0.05) is 6.07 Å². The summed E-state index contributed by atoms with van der Waals surface area (Å²) in [5.41, 5.74) is -1.26. The van der Waals surface area contributed by atoms with Crippen LogP contribution in [0.3, 0.4) is 0 Å². The lowest BCUT2D eigenvalue weighted by atomic mass is 10.2. The van der Waals surface area contributed by atoms with Crippen molar-refractivity contribution >= 4 is 22.6 Å². The first-order chi connectivity index (χ1) is 15.3. The first-order valence-electron chi connectivity index (χ1n) is 9.14. The van der Waals surface area contributed by atoms with E-state index in [0.29, 0.717) is 28.4 Å². The largest absolute Gasteiger partial charge is 0.439 e. The number of alkyl halides is 3. The third kappa shape index (κ3) is 4.23. The van der Waals surface area contributed by atoms with Crippen LogP contribution in [0, 0.1) is 5.82 Å². The fourth-order valence-electron chi connectivity index (χ4n) is 3.02. The van der Waals surface area contributed by atoms with Gasteiger partial charge in [0.05, 0.1) is 29.1 Å². The van der Waals surface area contributed by atoms with E-state index in [9.17, 15) is 22.4 Å². The number of halogens is 4. The molecule has 11 heteroatoms. The number of carbonyl (C=O) groups is 1. The Labute approximate surface area is 177 Å². The molecule has 7 nitrogen and oxygen atoms in total. The van der Waals surface area contributed by atoms with E-state index in [1.165, 1.54) is 18.6 Å². The van der Waals surface area contributed by atoms with Crippen molar-refractivity contribution in [2.45, 2.75) is 12.8 Å². The van der Waals surface area contributed by atoms with Crippen molar-refractivity contribution in [3.8, 4) is 11.6 Å². The summed E-state index contributed by atoms with van der Waals surface area (Å²) < 4.78 is 59.7. The molecule has 2 aromatic carbocycles. The standard InChI is InChI=1S/C21H14F4N4O3/c22-19-15(21(23,24)25)2-1-3-16(19)28-20(31)29-7-6-12-8-14(4-5-17(12)29)32-18-9-13(10-30)26-11-27-18/h1-9,11,30H,10H2,(H,28,31). The number of fused-ring (bicyclic) bond motifs is 1. The van der Waals surface area contributed by atoms with Gasteiger partial charge in [0, 0.05) is 17.6 Å². The Bertz CT molecular complexity index is 1300. The van der Waals surface area contributed by atoms with Crippen LogP contribution >= 0.6 is 0 Å². The van der Waals surface area contributed by atoms with Gasteiger partial charge in [0.15, 0.2) is 5.82 Å². The number of carbonyl (C=O) groups excluding carboxylic acids is 1. The first-order valence-corrected chi connectivity index (χ1v) is 9.14. The van der Waals surface area contributed by atoms with Crippen LogP contribution in [-0.4, -0.2) is 25.7 Å². The Morgan fingerprint density at radius 2 is 1.94 bits per heavy atom. The molecule has 0 fully saturated rings. The van der Waals surface area contributed by atoms with Gasteiger partial charge in [-0.3, -0.25) is 4.57 Å². The van der Waals surface area contributed by atoms with E-state index in [1.807, 2.05) is 0 Å². The molecule has 0 bridgehead atoms. The molecular weight excluding hydrogens is 432 g/mol. The van der Waals surface area contributed by atoms with Crippen molar-refractivity contribution in [1.29, 1.82) is 0 Å². The molecule has 0 aliphatic rings. The zero-order valence-corrected chi connectivity index (χ0v) is 16.1. The van der Waals surface area contributed by atoms with Crippen molar-refractivity contribution < 1.29 is 32.2 Å². The molecule has 0 aliphatic heterocycles. The molecular formula is C21H14F4N4O3. The molecule has 0 atom stereocenters. The maximum Gasteiger partial charge on any atom is 0.419 e. The van der Waals surface area contributed by atoms with Gasteiger partial charge in [0.25, 0.3) is 0 Å². The van der Waals surface area contributed by atoms with Crippen molar-refractivity contribution in [3.05, 3.63) is 78.1 Å². The van der Waals surface area contributed by atoms with E-state index < -0.39 is 29.3 Å².